The highest BCUT2D eigenvalue weighted by atomic mass is 19.1. The van der Waals surface area contributed by atoms with Gasteiger partial charge in [0.25, 0.3) is 0 Å². The zero-order valence-electron chi connectivity index (χ0n) is 16.7. The zero-order chi connectivity index (χ0) is 20.3. The van der Waals surface area contributed by atoms with Gasteiger partial charge in [-0.25, -0.2) is 14.4 Å². The number of hydrogen-bond acceptors (Lipinski definition) is 5. The largest absolute Gasteiger partial charge is 0.368 e. The zero-order valence-corrected chi connectivity index (χ0v) is 16.7. The fraction of sp³-hybridized carbons (Fsp3) is 0.500. The van der Waals surface area contributed by atoms with Crippen LogP contribution < -0.4 is 5.73 Å². The summed E-state index contributed by atoms with van der Waals surface area (Å²) in [5.74, 6) is -0.0848. The molecule has 4 rings (SSSR count). The van der Waals surface area contributed by atoms with Crippen molar-refractivity contribution < 1.29 is 9.18 Å². The van der Waals surface area contributed by atoms with E-state index in [1.54, 1.807) is 0 Å². The van der Waals surface area contributed by atoms with Crippen LogP contribution in [0.15, 0.2) is 36.7 Å². The molecule has 2 aliphatic heterocycles. The SMILES string of the molecule is NC(=O)C1(N2CCCCC2)CCN(Cc2ccc(-c3ncc(F)cn3)cc2)CC1. The Hall–Kier alpha value is -2.38. The van der Waals surface area contributed by atoms with Gasteiger partial charge < -0.3 is 5.73 Å². The van der Waals surface area contributed by atoms with Gasteiger partial charge in [-0.15, -0.1) is 0 Å². The van der Waals surface area contributed by atoms with Crippen LogP contribution >= 0.6 is 0 Å². The lowest BCUT2D eigenvalue weighted by atomic mass is 9.83. The Morgan fingerprint density at radius 3 is 2.21 bits per heavy atom. The smallest absolute Gasteiger partial charge is 0.238 e. The predicted octanol–water partition coefficient (Wildman–Crippen LogP) is 2.59. The molecule has 7 heteroatoms. The van der Waals surface area contributed by atoms with E-state index in [4.69, 9.17) is 5.73 Å². The molecule has 6 nitrogen and oxygen atoms in total. The van der Waals surface area contributed by atoms with Crippen LogP contribution in [0.4, 0.5) is 4.39 Å². The summed E-state index contributed by atoms with van der Waals surface area (Å²) in [5, 5.41) is 0. The molecule has 2 aliphatic rings. The first-order valence-electron chi connectivity index (χ1n) is 10.4. The Balaban J connectivity index is 1.37. The number of aromatic nitrogens is 2. The predicted molar refractivity (Wildman–Crippen MR) is 109 cm³/mol. The Morgan fingerprint density at radius 2 is 1.62 bits per heavy atom. The van der Waals surface area contributed by atoms with Crippen LogP contribution in [-0.2, 0) is 11.3 Å². The third-order valence-electron chi connectivity index (χ3n) is 6.34. The van der Waals surface area contributed by atoms with Crippen molar-refractivity contribution in [2.24, 2.45) is 5.73 Å². The van der Waals surface area contributed by atoms with Crippen LogP contribution in [-0.4, -0.2) is 57.4 Å². The number of primary amides is 1. The highest BCUT2D eigenvalue weighted by molar-refractivity contribution is 5.84. The number of carbonyl (C=O) groups excluding carboxylic acids is 1. The Labute approximate surface area is 170 Å². The molecule has 0 aliphatic carbocycles. The maximum atomic E-state index is 13.0. The first-order chi connectivity index (χ1) is 14.1. The molecule has 1 aromatic heterocycles. The van der Waals surface area contributed by atoms with Crippen molar-refractivity contribution in [3.63, 3.8) is 0 Å². The van der Waals surface area contributed by atoms with Gasteiger partial charge in [0.05, 0.1) is 12.4 Å². The number of nitrogens with two attached hydrogens (primary N) is 1. The summed E-state index contributed by atoms with van der Waals surface area (Å²) in [6.07, 6.45) is 7.50. The minimum Gasteiger partial charge on any atom is -0.368 e. The van der Waals surface area contributed by atoms with Crippen molar-refractivity contribution in [1.82, 2.24) is 19.8 Å². The van der Waals surface area contributed by atoms with Crippen molar-refractivity contribution in [2.75, 3.05) is 26.2 Å². The maximum Gasteiger partial charge on any atom is 0.238 e. The molecule has 0 saturated carbocycles. The Morgan fingerprint density at radius 1 is 1.00 bits per heavy atom. The fourth-order valence-corrected chi connectivity index (χ4v) is 4.60. The summed E-state index contributed by atoms with van der Waals surface area (Å²) in [6, 6.07) is 8.05. The molecule has 29 heavy (non-hydrogen) atoms. The summed E-state index contributed by atoms with van der Waals surface area (Å²) in [6.45, 7) is 4.52. The number of rotatable bonds is 5. The average Bonchev–Trinajstić information content (AvgIpc) is 2.76. The van der Waals surface area contributed by atoms with Crippen molar-refractivity contribution in [3.05, 3.63) is 48.0 Å². The van der Waals surface area contributed by atoms with Crippen LogP contribution in [0.25, 0.3) is 11.4 Å². The number of hydrogen-bond donors (Lipinski definition) is 1. The molecule has 2 saturated heterocycles. The highest BCUT2D eigenvalue weighted by Crippen LogP contribution is 2.32. The molecule has 2 aromatic rings. The first-order valence-corrected chi connectivity index (χ1v) is 10.4. The van der Waals surface area contributed by atoms with Crippen LogP contribution in [0.5, 0.6) is 0 Å². The van der Waals surface area contributed by atoms with Gasteiger partial charge in [-0.05, 0) is 44.3 Å². The lowest BCUT2D eigenvalue weighted by Gasteiger charge is -2.48. The third-order valence-corrected chi connectivity index (χ3v) is 6.34. The standard InChI is InChI=1S/C22H28FN5O/c23-19-14-25-20(26-15-19)18-6-4-17(5-7-18)16-27-12-8-22(9-13-27,21(24)29)28-10-2-1-3-11-28/h4-7,14-15H,1-3,8-13,16H2,(H2,24,29). The lowest BCUT2D eigenvalue weighted by Crippen LogP contribution is -2.63. The minimum atomic E-state index is -0.472. The van der Waals surface area contributed by atoms with E-state index in [2.05, 4.69) is 31.9 Å². The van der Waals surface area contributed by atoms with Gasteiger partial charge in [-0.1, -0.05) is 30.7 Å². The van der Waals surface area contributed by atoms with E-state index in [0.29, 0.717) is 5.82 Å². The van der Waals surface area contributed by atoms with Crippen molar-refractivity contribution in [2.45, 2.75) is 44.2 Å². The van der Waals surface area contributed by atoms with Gasteiger partial charge in [-0.2, -0.15) is 0 Å². The van der Waals surface area contributed by atoms with E-state index >= 15 is 0 Å². The second kappa shape index (κ2) is 8.55. The van der Waals surface area contributed by atoms with Crippen molar-refractivity contribution in [1.29, 1.82) is 0 Å². The van der Waals surface area contributed by atoms with Crippen LogP contribution in [0.1, 0.15) is 37.7 Å². The quantitative estimate of drug-likeness (QED) is 0.839. The number of benzene rings is 1. The molecule has 0 unspecified atom stereocenters. The van der Waals surface area contributed by atoms with E-state index in [1.165, 1.54) is 24.4 Å². The summed E-state index contributed by atoms with van der Waals surface area (Å²) < 4.78 is 13.0. The van der Waals surface area contributed by atoms with Crippen molar-refractivity contribution >= 4 is 5.91 Å². The van der Waals surface area contributed by atoms with Gasteiger partial charge in [0.1, 0.15) is 5.54 Å². The lowest BCUT2D eigenvalue weighted by molar-refractivity contribution is -0.135. The van der Waals surface area contributed by atoms with Crippen LogP contribution in [0.3, 0.4) is 0 Å². The molecule has 2 N–H and O–H groups in total. The molecule has 1 amide bonds. The number of likely N-dealkylation sites (tertiary alicyclic amines) is 2. The molecule has 154 valence electrons. The first kappa shape index (κ1) is 19.9. The van der Waals surface area contributed by atoms with E-state index < -0.39 is 11.4 Å². The second-order valence-corrected chi connectivity index (χ2v) is 8.14. The number of carbonyl (C=O) groups is 1. The van der Waals surface area contributed by atoms with E-state index in [-0.39, 0.29) is 5.91 Å². The number of halogens is 1. The summed E-state index contributed by atoms with van der Waals surface area (Å²) in [7, 11) is 0. The van der Waals surface area contributed by atoms with Gasteiger partial charge in [0.15, 0.2) is 11.6 Å². The molecule has 0 bridgehead atoms. The van der Waals surface area contributed by atoms with Gasteiger partial charge >= 0.3 is 0 Å². The maximum absolute atomic E-state index is 13.0. The number of piperidine rings is 2. The Bertz CT molecular complexity index is 825. The third kappa shape index (κ3) is 4.31. The molecule has 0 radical (unpaired) electrons. The number of amides is 1. The molecule has 0 spiro atoms. The molecular weight excluding hydrogens is 369 g/mol. The van der Waals surface area contributed by atoms with E-state index in [9.17, 15) is 9.18 Å². The van der Waals surface area contributed by atoms with Crippen LogP contribution in [0, 0.1) is 5.82 Å². The topological polar surface area (TPSA) is 75.4 Å². The summed E-state index contributed by atoms with van der Waals surface area (Å²) in [5.41, 5.74) is 7.47. The van der Waals surface area contributed by atoms with Gasteiger partial charge in [0.2, 0.25) is 5.91 Å². The normalized spacial score (nSPS) is 20.4. The highest BCUT2D eigenvalue weighted by Gasteiger charge is 2.44. The summed E-state index contributed by atoms with van der Waals surface area (Å²) >= 11 is 0. The van der Waals surface area contributed by atoms with Gasteiger partial charge in [0, 0.05) is 25.2 Å². The molecule has 2 fully saturated rings. The van der Waals surface area contributed by atoms with E-state index in [1.807, 2.05) is 12.1 Å². The Kier molecular flexibility index (Phi) is 5.87. The van der Waals surface area contributed by atoms with E-state index in [0.717, 1.165) is 64.0 Å². The average molecular weight is 397 g/mol. The summed E-state index contributed by atoms with van der Waals surface area (Å²) in [4.78, 5) is 25.1. The molecular formula is C22H28FN5O. The molecule has 1 aromatic carbocycles. The number of nitrogens with zero attached hydrogens (tertiary/aromatic N) is 4. The van der Waals surface area contributed by atoms with Gasteiger partial charge in [-0.3, -0.25) is 14.6 Å². The molecule has 3 heterocycles. The monoisotopic (exact) mass is 397 g/mol. The second-order valence-electron chi connectivity index (χ2n) is 8.14. The molecule has 0 atom stereocenters. The van der Waals surface area contributed by atoms with Crippen LogP contribution in [0.2, 0.25) is 0 Å². The minimum absolute atomic E-state index is 0.164. The fourth-order valence-electron chi connectivity index (χ4n) is 4.60. The van der Waals surface area contributed by atoms with Crippen molar-refractivity contribution in [3.8, 4) is 11.4 Å².